The van der Waals surface area contributed by atoms with Crippen LogP contribution in [0.2, 0.25) is 0 Å². The van der Waals surface area contributed by atoms with E-state index < -0.39 is 18.3 Å². The van der Waals surface area contributed by atoms with Gasteiger partial charge in [0.2, 0.25) is 5.91 Å². The molecule has 0 bridgehead atoms. The molecule has 34 heavy (non-hydrogen) atoms. The highest BCUT2D eigenvalue weighted by atomic mass is 32.1. The molecule has 6 nitrogen and oxygen atoms in total. The quantitative estimate of drug-likeness (QED) is 0.450. The number of carbonyl (C=O) groups excluding carboxylic acids is 2. The van der Waals surface area contributed by atoms with Gasteiger partial charge in [-0.3, -0.25) is 14.6 Å². The molecule has 0 radical (unpaired) electrons. The Labute approximate surface area is 199 Å². The number of thiophene rings is 1. The van der Waals surface area contributed by atoms with E-state index in [4.69, 9.17) is 5.73 Å². The van der Waals surface area contributed by atoms with Gasteiger partial charge in [0.15, 0.2) is 0 Å². The Morgan fingerprint density at radius 2 is 1.97 bits per heavy atom. The third kappa shape index (κ3) is 6.80. The highest BCUT2D eigenvalue weighted by molar-refractivity contribution is 7.14. The van der Waals surface area contributed by atoms with Crippen LogP contribution in [0.15, 0.2) is 48.7 Å². The fourth-order valence-electron chi connectivity index (χ4n) is 3.41. The minimum atomic E-state index is -4.79. The molecule has 2 amide bonds. The van der Waals surface area contributed by atoms with Crippen molar-refractivity contribution < 1.29 is 27.5 Å². The number of nitrogens with zero attached hydrogens (tertiary/aromatic N) is 1. The van der Waals surface area contributed by atoms with Crippen molar-refractivity contribution >= 4 is 23.2 Å². The number of primary amides is 1. The third-order valence-corrected chi connectivity index (χ3v) is 6.13. The van der Waals surface area contributed by atoms with E-state index >= 15 is 0 Å². The molecule has 2 aromatic heterocycles. The van der Waals surface area contributed by atoms with Crippen molar-refractivity contribution in [2.24, 2.45) is 5.73 Å². The van der Waals surface area contributed by atoms with Crippen molar-refractivity contribution in [3.8, 4) is 17.0 Å². The van der Waals surface area contributed by atoms with Crippen LogP contribution in [0.3, 0.4) is 0 Å². The maximum atomic E-state index is 12.7. The first-order chi connectivity index (χ1) is 16.1. The smallest absolute Gasteiger partial charge is 0.406 e. The number of pyridine rings is 1. The molecule has 0 aliphatic heterocycles. The SMILES string of the molecule is CCCc1cc(C(=O)NC(Cc2ccc(-c3cccc(OC(F)(F)F)c3)nc2)C(N)=O)sc1C. The second-order valence-electron chi connectivity index (χ2n) is 7.70. The van der Waals surface area contributed by atoms with Crippen LogP contribution in [0.1, 0.15) is 39.0 Å². The van der Waals surface area contributed by atoms with Crippen LogP contribution in [0.5, 0.6) is 5.75 Å². The van der Waals surface area contributed by atoms with Crippen LogP contribution >= 0.6 is 11.3 Å². The van der Waals surface area contributed by atoms with Crippen molar-refractivity contribution in [2.45, 2.75) is 45.5 Å². The fraction of sp³-hybridized carbons (Fsp3) is 0.292. The van der Waals surface area contributed by atoms with Gasteiger partial charge in [0.1, 0.15) is 11.8 Å². The fourth-order valence-corrected chi connectivity index (χ4v) is 4.38. The van der Waals surface area contributed by atoms with E-state index in [9.17, 15) is 22.8 Å². The number of nitrogens with two attached hydrogens (primary N) is 1. The zero-order chi connectivity index (χ0) is 24.9. The topological polar surface area (TPSA) is 94.3 Å². The summed E-state index contributed by atoms with van der Waals surface area (Å²) in [6.45, 7) is 4.02. The first-order valence-corrected chi connectivity index (χ1v) is 11.4. The van der Waals surface area contributed by atoms with E-state index in [0.29, 0.717) is 21.7 Å². The molecular formula is C24H24F3N3O3S. The molecule has 3 rings (SSSR count). The summed E-state index contributed by atoms with van der Waals surface area (Å²) in [5, 5.41) is 2.69. The molecule has 3 N–H and O–H groups in total. The van der Waals surface area contributed by atoms with Crippen molar-refractivity contribution in [1.82, 2.24) is 10.3 Å². The summed E-state index contributed by atoms with van der Waals surface area (Å²) in [7, 11) is 0. The van der Waals surface area contributed by atoms with Crippen LogP contribution in [-0.4, -0.2) is 29.2 Å². The summed E-state index contributed by atoms with van der Waals surface area (Å²) in [4.78, 5) is 30.5. The summed E-state index contributed by atoms with van der Waals surface area (Å²) >= 11 is 1.37. The van der Waals surface area contributed by atoms with Gasteiger partial charge in [0.05, 0.1) is 10.6 Å². The first kappa shape index (κ1) is 25.2. The normalized spacial score (nSPS) is 12.3. The predicted octanol–water partition coefficient (Wildman–Crippen LogP) is 4.80. The van der Waals surface area contributed by atoms with Gasteiger partial charge in [0, 0.05) is 23.1 Å². The molecule has 0 fully saturated rings. The van der Waals surface area contributed by atoms with E-state index in [1.165, 1.54) is 35.7 Å². The van der Waals surface area contributed by atoms with Gasteiger partial charge in [-0.1, -0.05) is 31.5 Å². The Bertz CT molecular complexity index is 1160. The van der Waals surface area contributed by atoms with Gasteiger partial charge >= 0.3 is 6.36 Å². The number of halogens is 3. The van der Waals surface area contributed by atoms with Crippen molar-refractivity contribution in [3.63, 3.8) is 0 Å². The van der Waals surface area contributed by atoms with Gasteiger partial charge in [-0.05, 0) is 48.7 Å². The lowest BCUT2D eigenvalue weighted by Crippen LogP contribution is -2.45. The maximum Gasteiger partial charge on any atom is 0.573 e. The second kappa shape index (κ2) is 10.7. The molecule has 0 saturated carbocycles. The number of aromatic nitrogens is 1. The van der Waals surface area contributed by atoms with Crippen molar-refractivity contribution in [2.75, 3.05) is 0 Å². The number of hydrogen-bond donors (Lipinski definition) is 2. The molecule has 0 spiro atoms. The zero-order valence-electron chi connectivity index (χ0n) is 18.6. The van der Waals surface area contributed by atoms with E-state index in [1.807, 2.05) is 13.0 Å². The zero-order valence-corrected chi connectivity index (χ0v) is 19.4. The average molecular weight is 492 g/mol. The number of ether oxygens (including phenoxy) is 1. The van der Waals surface area contributed by atoms with E-state index in [0.717, 1.165) is 23.3 Å². The molecule has 180 valence electrons. The number of alkyl halides is 3. The maximum absolute atomic E-state index is 12.7. The number of hydrogen-bond acceptors (Lipinski definition) is 5. The number of benzene rings is 1. The minimum Gasteiger partial charge on any atom is -0.406 e. The molecule has 1 unspecified atom stereocenters. The summed E-state index contributed by atoms with van der Waals surface area (Å²) in [6.07, 6.45) is -1.34. The van der Waals surface area contributed by atoms with Gasteiger partial charge < -0.3 is 15.8 Å². The molecule has 1 aromatic carbocycles. The average Bonchev–Trinajstić information content (AvgIpc) is 3.13. The monoisotopic (exact) mass is 491 g/mol. The molecule has 0 saturated heterocycles. The van der Waals surface area contributed by atoms with E-state index in [1.54, 1.807) is 18.2 Å². The Morgan fingerprint density at radius 1 is 1.21 bits per heavy atom. The largest absolute Gasteiger partial charge is 0.573 e. The number of nitrogens with one attached hydrogen (secondary N) is 1. The lowest BCUT2D eigenvalue weighted by atomic mass is 10.0. The van der Waals surface area contributed by atoms with E-state index in [-0.39, 0.29) is 18.1 Å². The lowest BCUT2D eigenvalue weighted by molar-refractivity contribution is -0.274. The van der Waals surface area contributed by atoms with Gasteiger partial charge in [-0.2, -0.15) is 0 Å². The predicted molar refractivity (Wildman–Crippen MR) is 124 cm³/mol. The molecule has 3 aromatic rings. The van der Waals surface area contributed by atoms with Crippen LogP contribution < -0.4 is 15.8 Å². The summed E-state index contributed by atoms with van der Waals surface area (Å²) in [6, 6.07) is 9.66. The van der Waals surface area contributed by atoms with E-state index in [2.05, 4.69) is 22.0 Å². The summed E-state index contributed by atoms with van der Waals surface area (Å²) in [5.41, 5.74) is 8.10. The number of rotatable bonds is 9. The number of aryl methyl sites for hydroxylation is 2. The molecule has 0 aliphatic carbocycles. The van der Waals surface area contributed by atoms with Crippen LogP contribution in [0.4, 0.5) is 13.2 Å². The second-order valence-corrected chi connectivity index (χ2v) is 8.96. The molecule has 2 heterocycles. The highest BCUT2D eigenvalue weighted by Crippen LogP contribution is 2.27. The third-order valence-electron chi connectivity index (χ3n) is 5.04. The van der Waals surface area contributed by atoms with Crippen LogP contribution in [0.25, 0.3) is 11.3 Å². The summed E-state index contributed by atoms with van der Waals surface area (Å²) in [5.74, 6) is -1.40. The molecule has 1 atom stereocenters. The molecular weight excluding hydrogens is 467 g/mol. The van der Waals surface area contributed by atoms with Crippen LogP contribution in [0, 0.1) is 6.92 Å². The Kier molecular flexibility index (Phi) is 7.93. The first-order valence-electron chi connectivity index (χ1n) is 10.6. The Hall–Kier alpha value is -3.40. The standard InChI is InChI=1S/C24H24F3N3O3S/c1-3-5-16-12-21(34-14(16)2)23(32)30-20(22(28)31)10-15-8-9-19(29-13-15)17-6-4-7-18(11-17)33-24(25,26)27/h4,6-9,11-13,20H,3,5,10H2,1-2H3,(H2,28,31)(H,30,32). The minimum absolute atomic E-state index is 0.123. The van der Waals surface area contributed by atoms with Gasteiger partial charge in [-0.25, -0.2) is 0 Å². The van der Waals surface area contributed by atoms with Crippen molar-refractivity contribution in [3.05, 3.63) is 69.5 Å². The Balaban J connectivity index is 1.70. The highest BCUT2D eigenvalue weighted by Gasteiger charge is 2.31. The summed E-state index contributed by atoms with van der Waals surface area (Å²) < 4.78 is 41.3. The van der Waals surface area contributed by atoms with Gasteiger partial charge in [-0.15, -0.1) is 24.5 Å². The van der Waals surface area contributed by atoms with Crippen molar-refractivity contribution in [1.29, 1.82) is 0 Å². The lowest BCUT2D eigenvalue weighted by Gasteiger charge is -2.15. The molecule has 0 aliphatic rings. The van der Waals surface area contributed by atoms with Gasteiger partial charge in [0.25, 0.3) is 5.91 Å². The number of carbonyl (C=O) groups is 2. The van der Waals surface area contributed by atoms with Crippen LogP contribution in [-0.2, 0) is 17.6 Å². The Morgan fingerprint density at radius 3 is 2.59 bits per heavy atom. The molecule has 10 heteroatoms. The number of amides is 2.